The third-order valence-electron chi connectivity index (χ3n) is 3.09. The number of carbonyl (C=O) groups excluding carboxylic acids is 1. The molecule has 0 bridgehead atoms. The molecule has 2 N–H and O–H groups in total. The van der Waals surface area contributed by atoms with Crippen molar-refractivity contribution in [3.05, 3.63) is 47.5 Å². The summed E-state index contributed by atoms with van der Waals surface area (Å²) in [5, 5.41) is 6.29. The van der Waals surface area contributed by atoms with E-state index in [9.17, 15) is 4.79 Å². The average molecular weight is 349 g/mol. The van der Waals surface area contributed by atoms with E-state index in [2.05, 4.69) is 10.6 Å². The van der Waals surface area contributed by atoms with Gasteiger partial charge in [0.15, 0.2) is 0 Å². The molecule has 6 heteroatoms. The molecule has 0 spiro atoms. The first kappa shape index (κ1) is 17.9. The molecule has 0 aromatic heterocycles. The Kier molecular flexibility index (Phi) is 6.32. The van der Waals surface area contributed by atoms with E-state index in [-0.39, 0.29) is 18.6 Å². The van der Waals surface area contributed by atoms with Crippen LogP contribution >= 0.6 is 11.6 Å². The topological polar surface area (TPSA) is 59.6 Å². The smallest absolute Gasteiger partial charge is 0.243 e. The molecule has 0 heterocycles. The van der Waals surface area contributed by atoms with Crippen LogP contribution in [0.2, 0.25) is 5.02 Å². The van der Waals surface area contributed by atoms with Gasteiger partial charge in [-0.3, -0.25) is 4.79 Å². The van der Waals surface area contributed by atoms with Crippen LogP contribution in [0.5, 0.6) is 11.5 Å². The summed E-state index contributed by atoms with van der Waals surface area (Å²) < 4.78 is 10.7. The number of hydrogen-bond acceptors (Lipinski definition) is 4. The zero-order valence-electron chi connectivity index (χ0n) is 13.9. The Bertz CT molecular complexity index is 704. The van der Waals surface area contributed by atoms with Crippen molar-refractivity contribution in [2.24, 2.45) is 0 Å². The second-order valence-electron chi connectivity index (χ2n) is 5.45. The molecule has 0 saturated heterocycles. The number of carbonyl (C=O) groups is 1. The van der Waals surface area contributed by atoms with Gasteiger partial charge in [0.2, 0.25) is 5.91 Å². The fraction of sp³-hybridized carbons (Fsp3) is 0.278. The average Bonchev–Trinajstić information content (AvgIpc) is 2.53. The third-order valence-corrected chi connectivity index (χ3v) is 3.39. The van der Waals surface area contributed by atoms with Crippen molar-refractivity contribution < 1.29 is 14.3 Å². The number of benzene rings is 2. The number of amides is 1. The largest absolute Gasteiger partial charge is 0.495 e. The second-order valence-corrected chi connectivity index (χ2v) is 5.85. The van der Waals surface area contributed by atoms with Crippen molar-refractivity contribution in [2.75, 3.05) is 24.3 Å². The van der Waals surface area contributed by atoms with Crippen molar-refractivity contribution in [3.63, 3.8) is 0 Å². The highest BCUT2D eigenvalue weighted by molar-refractivity contribution is 6.32. The Morgan fingerprint density at radius 2 is 1.96 bits per heavy atom. The van der Waals surface area contributed by atoms with Crippen molar-refractivity contribution in [1.29, 1.82) is 0 Å². The summed E-state index contributed by atoms with van der Waals surface area (Å²) in [7, 11) is 1.54. The maximum absolute atomic E-state index is 12.0. The van der Waals surface area contributed by atoms with Crippen molar-refractivity contribution in [1.82, 2.24) is 0 Å². The fourth-order valence-electron chi connectivity index (χ4n) is 2.08. The van der Waals surface area contributed by atoms with Crippen molar-refractivity contribution in [3.8, 4) is 11.5 Å². The standard InChI is InChI=1S/C18H21ClN2O3/c1-12(2)24-15-6-4-5-13(9-15)20-11-18(22)21-14-7-8-17(23-3)16(19)10-14/h4-10,12,20H,11H2,1-3H3,(H,21,22). The SMILES string of the molecule is COc1ccc(NC(=O)CNc2cccc(OC(C)C)c2)cc1Cl. The third kappa shape index (κ3) is 5.35. The van der Waals surface area contributed by atoms with Crippen LogP contribution in [0.1, 0.15) is 13.8 Å². The molecular formula is C18H21ClN2O3. The van der Waals surface area contributed by atoms with Crippen LogP contribution in [-0.4, -0.2) is 25.7 Å². The summed E-state index contributed by atoms with van der Waals surface area (Å²) in [5.74, 6) is 1.15. The zero-order chi connectivity index (χ0) is 17.5. The summed E-state index contributed by atoms with van der Waals surface area (Å²) in [6.45, 7) is 4.07. The minimum absolute atomic E-state index is 0.100. The normalized spacial score (nSPS) is 10.4. The van der Waals surface area contributed by atoms with Gasteiger partial charge in [-0.15, -0.1) is 0 Å². The molecule has 0 saturated carbocycles. The summed E-state index contributed by atoms with van der Waals surface area (Å²) in [4.78, 5) is 12.0. The Morgan fingerprint density at radius 1 is 1.17 bits per heavy atom. The summed E-state index contributed by atoms with van der Waals surface area (Å²) in [6, 6.07) is 12.6. The fourth-order valence-corrected chi connectivity index (χ4v) is 2.34. The van der Waals surface area contributed by atoms with Gasteiger partial charge in [0.1, 0.15) is 11.5 Å². The van der Waals surface area contributed by atoms with Gasteiger partial charge >= 0.3 is 0 Å². The number of hydrogen-bond donors (Lipinski definition) is 2. The molecule has 128 valence electrons. The van der Waals surface area contributed by atoms with Crippen molar-refractivity contribution in [2.45, 2.75) is 20.0 Å². The quantitative estimate of drug-likeness (QED) is 0.787. The Morgan fingerprint density at radius 3 is 2.62 bits per heavy atom. The molecule has 0 atom stereocenters. The molecule has 1 amide bonds. The number of halogens is 1. The Labute approximate surface area is 146 Å². The second kappa shape index (κ2) is 8.45. The van der Waals surface area contributed by atoms with Gasteiger partial charge in [-0.25, -0.2) is 0 Å². The van der Waals surface area contributed by atoms with E-state index in [4.69, 9.17) is 21.1 Å². The molecule has 5 nitrogen and oxygen atoms in total. The van der Waals surface area contributed by atoms with Crippen LogP contribution in [0.3, 0.4) is 0 Å². The maximum Gasteiger partial charge on any atom is 0.243 e. The molecule has 0 fully saturated rings. The highest BCUT2D eigenvalue weighted by Gasteiger charge is 2.06. The minimum atomic E-state index is -0.175. The van der Waals surface area contributed by atoms with Gasteiger partial charge in [-0.05, 0) is 44.2 Å². The highest BCUT2D eigenvalue weighted by atomic mass is 35.5. The van der Waals surface area contributed by atoms with Crippen LogP contribution in [0.4, 0.5) is 11.4 Å². The van der Waals surface area contributed by atoms with Gasteiger partial charge in [0.25, 0.3) is 0 Å². The molecule has 0 aliphatic heterocycles. The molecule has 0 aliphatic rings. The van der Waals surface area contributed by atoms with Gasteiger partial charge < -0.3 is 20.1 Å². The number of nitrogens with one attached hydrogen (secondary N) is 2. The number of anilines is 2. The lowest BCUT2D eigenvalue weighted by Gasteiger charge is -2.12. The van der Waals surface area contributed by atoms with Gasteiger partial charge in [-0.2, -0.15) is 0 Å². The summed E-state index contributed by atoms with van der Waals surface area (Å²) in [5.41, 5.74) is 1.43. The molecule has 24 heavy (non-hydrogen) atoms. The lowest BCUT2D eigenvalue weighted by molar-refractivity contribution is -0.114. The summed E-state index contributed by atoms with van der Waals surface area (Å²) in [6.07, 6.45) is 0.100. The van der Waals surface area contributed by atoms with E-state index in [1.54, 1.807) is 25.3 Å². The van der Waals surface area contributed by atoms with Crippen LogP contribution in [0.25, 0.3) is 0 Å². The lowest BCUT2D eigenvalue weighted by Crippen LogP contribution is -2.21. The van der Waals surface area contributed by atoms with Crippen LogP contribution in [-0.2, 0) is 4.79 Å². The van der Waals surface area contributed by atoms with E-state index >= 15 is 0 Å². The monoisotopic (exact) mass is 348 g/mol. The highest BCUT2D eigenvalue weighted by Crippen LogP contribution is 2.27. The van der Waals surface area contributed by atoms with Crippen LogP contribution in [0.15, 0.2) is 42.5 Å². The molecule has 2 rings (SSSR count). The maximum atomic E-state index is 12.0. The van der Waals surface area contributed by atoms with Crippen LogP contribution < -0.4 is 20.1 Å². The predicted octanol–water partition coefficient (Wildman–Crippen LogP) is 4.19. The number of ether oxygens (including phenoxy) is 2. The molecule has 2 aromatic rings. The van der Waals surface area contributed by atoms with E-state index in [0.717, 1.165) is 11.4 Å². The Hall–Kier alpha value is -2.40. The van der Waals surface area contributed by atoms with Gasteiger partial charge in [-0.1, -0.05) is 17.7 Å². The van der Waals surface area contributed by atoms with Gasteiger partial charge in [0, 0.05) is 17.4 Å². The molecule has 0 radical (unpaired) electrons. The summed E-state index contributed by atoms with van der Waals surface area (Å²) >= 11 is 6.04. The molecule has 0 unspecified atom stereocenters. The lowest BCUT2D eigenvalue weighted by atomic mass is 10.3. The van der Waals surface area contributed by atoms with Crippen molar-refractivity contribution >= 4 is 28.9 Å². The Balaban J connectivity index is 1.90. The molecular weight excluding hydrogens is 328 g/mol. The minimum Gasteiger partial charge on any atom is -0.495 e. The first-order chi connectivity index (χ1) is 11.5. The van der Waals surface area contributed by atoms with Crippen LogP contribution in [0, 0.1) is 0 Å². The molecule has 2 aromatic carbocycles. The van der Waals surface area contributed by atoms with Gasteiger partial charge in [0.05, 0.1) is 24.8 Å². The first-order valence-corrected chi connectivity index (χ1v) is 7.99. The van der Waals surface area contributed by atoms with E-state index in [0.29, 0.717) is 16.5 Å². The van der Waals surface area contributed by atoms with E-state index < -0.39 is 0 Å². The van der Waals surface area contributed by atoms with E-state index in [1.807, 2.05) is 38.1 Å². The number of rotatable bonds is 7. The first-order valence-electron chi connectivity index (χ1n) is 7.62. The molecule has 0 aliphatic carbocycles. The predicted molar refractivity (Wildman–Crippen MR) is 97.3 cm³/mol. The zero-order valence-corrected chi connectivity index (χ0v) is 14.7. The number of methoxy groups -OCH3 is 1. The van der Waals surface area contributed by atoms with E-state index in [1.165, 1.54) is 0 Å².